The molecule has 3 N–H and O–H groups in total. The highest BCUT2D eigenvalue weighted by Crippen LogP contribution is 2.45. The second-order valence-electron chi connectivity index (χ2n) is 9.89. The fourth-order valence-corrected chi connectivity index (χ4v) is 6.44. The number of H-pyrrole nitrogens is 1. The molecule has 2 aliphatic heterocycles. The lowest BCUT2D eigenvalue weighted by Gasteiger charge is -2.36. The van der Waals surface area contributed by atoms with Crippen LogP contribution in [-0.2, 0) is 4.74 Å². The van der Waals surface area contributed by atoms with Crippen LogP contribution in [0.1, 0.15) is 32.0 Å². The Morgan fingerprint density at radius 3 is 2.63 bits per heavy atom. The molecule has 0 spiro atoms. The van der Waals surface area contributed by atoms with Crippen LogP contribution in [-0.4, -0.2) is 102 Å². The van der Waals surface area contributed by atoms with Crippen molar-refractivity contribution in [1.29, 1.82) is 0 Å². The number of rotatable bonds is 5. The first-order chi connectivity index (χ1) is 18.3. The van der Waals surface area contributed by atoms with Crippen molar-refractivity contribution in [3.8, 4) is 21.8 Å². The Morgan fingerprint density at radius 1 is 1.13 bits per heavy atom. The van der Waals surface area contributed by atoms with E-state index in [9.17, 15) is 14.4 Å². The summed E-state index contributed by atoms with van der Waals surface area (Å²) in [6, 6.07) is 8.70. The van der Waals surface area contributed by atoms with Gasteiger partial charge in [-0.25, -0.2) is 14.8 Å². The second-order valence-corrected chi connectivity index (χ2v) is 11.0. The zero-order valence-corrected chi connectivity index (χ0v) is 22.1. The van der Waals surface area contributed by atoms with E-state index in [2.05, 4.69) is 15.1 Å². The zero-order chi connectivity index (χ0) is 26.6. The number of amides is 3. The number of carbonyl (C=O) groups is 3. The molecular formula is C26H29N7O4S. The maximum absolute atomic E-state index is 13.9. The molecule has 0 saturated carbocycles. The summed E-state index contributed by atoms with van der Waals surface area (Å²) in [6.07, 6.45) is 0.951. The Bertz CT molecular complexity index is 1420. The van der Waals surface area contributed by atoms with Crippen molar-refractivity contribution in [2.45, 2.75) is 12.5 Å². The molecule has 0 radical (unpaired) electrons. The fraction of sp³-hybridized carbons (Fsp3) is 0.385. The van der Waals surface area contributed by atoms with Crippen molar-refractivity contribution in [1.82, 2.24) is 25.0 Å². The van der Waals surface area contributed by atoms with Gasteiger partial charge in [-0.3, -0.25) is 14.7 Å². The third-order valence-electron chi connectivity index (χ3n) is 7.47. The predicted octanol–water partition coefficient (Wildman–Crippen LogP) is 2.26. The molecule has 6 rings (SSSR count). The average Bonchev–Trinajstić information content (AvgIpc) is 3.70. The number of fused-ring (bicyclic) bond motifs is 3. The first-order valence-electron chi connectivity index (χ1n) is 12.6. The lowest BCUT2D eigenvalue weighted by molar-refractivity contribution is 0.0364. The van der Waals surface area contributed by atoms with Crippen LogP contribution >= 0.6 is 11.3 Å². The van der Waals surface area contributed by atoms with Crippen molar-refractivity contribution in [3.63, 3.8) is 0 Å². The minimum absolute atomic E-state index is 0.00118. The van der Waals surface area contributed by atoms with Gasteiger partial charge >= 0.3 is 6.03 Å². The van der Waals surface area contributed by atoms with E-state index in [0.29, 0.717) is 77.5 Å². The van der Waals surface area contributed by atoms with Crippen molar-refractivity contribution in [3.05, 3.63) is 46.3 Å². The van der Waals surface area contributed by atoms with Crippen LogP contribution in [0.15, 0.2) is 30.3 Å². The molecule has 4 heterocycles. The molecule has 3 aliphatic rings. The van der Waals surface area contributed by atoms with Crippen LogP contribution < -0.4 is 10.7 Å². The van der Waals surface area contributed by atoms with Crippen molar-refractivity contribution >= 4 is 34.7 Å². The number of nitrogens with zero attached hydrogens (tertiary/aromatic N) is 5. The van der Waals surface area contributed by atoms with Crippen LogP contribution in [0.25, 0.3) is 21.8 Å². The number of aromatic nitrogens is 2. The molecule has 2 aromatic heterocycles. The Balaban J connectivity index is 1.31. The summed E-state index contributed by atoms with van der Waals surface area (Å²) in [5, 5.41) is 10.7. The number of likely N-dealkylation sites (tertiary alicyclic amines) is 1. The van der Waals surface area contributed by atoms with Crippen molar-refractivity contribution in [2.75, 3.05) is 58.5 Å². The largest absolute Gasteiger partial charge is 0.379 e. The summed E-state index contributed by atoms with van der Waals surface area (Å²) in [5.74, 6) is -0.232. The quantitative estimate of drug-likeness (QED) is 0.401. The first-order valence-corrected chi connectivity index (χ1v) is 13.4. The van der Waals surface area contributed by atoms with Gasteiger partial charge in [0, 0.05) is 37.8 Å². The van der Waals surface area contributed by atoms with Gasteiger partial charge in [0.1, 0.15) is 5.69 Å². The van der Waals surface area contributed by atoms with Gasteiger partial charge in [-0.2, -0.15) is 5.10 Å². The van der Waals surface area contributed by atoms with E-state index in [1.54, 1.807) is 17.1 Å². The van der Waals surface area contributed by atoms with Gasteiger partial charge in [0.2, 0.25) is 0 Å². The third kappa shape index (κ3) is 4.00. The summed E-state index contributed by atoms with van der Waals surface area (Å²) >= 11 is 1.35. The van der Waals surface area contributed by atoms with Crippen LogP contribution in [0.5, 0.6) is 0 Å². The van der Waals surface area contributed by atoms with Gasteiger partial charge in [-0.05, 0) is 38.7 Å². The number of nitrogens with one attached hydrogen (secondary N) is 1. The Hall–Kier alpha value is -3.58. The van der Waals surface area contributed by atoms with Gasteiger partial charge in [-0.15, -0.1) is 11.3 Å². The third-order valence-corrected chi connectivity index (χ3v) is 8.56. The Kier molecular flexibility index (Phi) is 6.26. The molecule has 1 aromatic carbocycles. The first kappa shape index (κ1) is 24.7. The molecule has 11 nitrogen and oxygen atoms in total. The highest BCUT2D eigenvalue weighted by atomic mass is 32.1. The molecule has 2 saturated heterocycles. The Morgan fingerprint density at radius 2 is 1.92 bits per heavy atom. The molecule has 2 fully saturated rings. The molecule has 12 heteroatoms. The number of thiophene rings is 1. The highest BCUT2D eigenvalue weighted by Gasteiger charge is 2.38. The van der Waals surface area contributed by atoms with Gasteiger partial charge in [0.05, 0.1) is 45.5 Å². The van der Waals surface area contributed by atoms with E-state index in [1.807, 2.05) is 37.2 Å². The van der Waals surface area contributed by atoms with Crippen molar-refractivity contribution < 1.29 is 19.1 Å². The number of urea groups is 1. The lowest BCUT2D eigenvalue weighted by Crippen LogP contribution is -2.54. The lowest BCUT2D eigenvalue weighted by atomic mass is 10.1. The van der Waals surface area contributed by atoms with Crippen LogP contribution in [0.2, 0.25) is 0 Å². The van der Waals surface area contributed by atoms with Gasteiger partial charge in [0.25, 0.3) is 5.91 Å². The molecule has 198 valence electrons. The topological polar surface area (TPSA) is 128 Å². The number of anilines is 1. The molecule has 0 bridgehead atoms. The number of primary amides is 1. The van der Waals surface area contributed by atoms with E-state index in [4.69, 9.17) is 10.5 Å². The number of ether oxygens (including phenoxy) is 1. The number of ketones is 1. The van der Waals surface area contributed by atoms with Crippen molar-refractivity contribution in [2.24, 2.45) is 5.73 Å². The number of likely N-dealkylation sites (N-methyl/N-ethyl adjacent to an activating group) is 1. The van der Waals surface area contributed by atoms with E-state index in [-0.39, 0.29) is 11.7 Å². The summed E-state index contributed by atoms with van der Waals surface area (Å²) < 4.78 is 5.42. The highest BCUT2D eigenvalue weighted by molar-refractivity contribution is 7.17. The molecule has 1 atom stereocenters. The summed E-state index contributed by atoms with van der Waals surface area (Å²) in [7, 11) is 4.06. The maximum atomic E-state index is 13.9. The average molecular weight is 536 g/mol. The van der Waals surface area contributed by atoms with E-state index in [0.717, 1.165) is 17.8 Å². The van der Waals surface area contributed by atoms with Gasteiger partial charge in [-0.1, -0.05) is 12.1 Å². The normalized spacial score (nSPS) is 19.2. The Labute approximate surface area is 223 Å². The summed E-state index contributed by atoms with van der Waals surface area (Å²) in [6.45, 7) is 3.32. The zero-order valence-electron chi connectivity index (χ0n) is 21.3. The van der Waals surface area contributed by atoms with Crippen LogP contribution in [0.4, 0.5) is 10.5 Å². The summed E-state index contributed by atoms with van der Waals surface area (Å²) in [5.41, 5.74) is 8.79. The SMILES string of the molecule is CN(C)C1CCN(C(=O)c2ccc(-c3[nH]nc4c3C(=O)c3c-4cccc3N(C(N)=O)N3CCOCC3)s2)C1. The minimum Gasteiger partial charge on any atom is -0.379 e. The number of morpholine rings is 1. The molecule has 3 aromatic rings. The van der Waals surface area contributed by atoms with Gasteiger partial charge in [0.15, 0.2) is 5.78 Å². The van der Waals surface area contributed by atoms with Gasteiger partial charge < -0.3 is 20.3 Å². The van der Waals surface area contributed by atoms with E-state index < -0.39 is 6.03 Å². The fourth-order valence-electron chi connectivity index (χ4n) is 5.47. The van der Waals surface area contributed by atoms with Crippen LogP contribution in [0.3, 0.4) is 0 Å². The molecule has 1 aliphatic carbocycles. The standard InChI is InChI=1S/C26H29N7O4S/c1-30(2)15-8-9-31(14-15)25(35)19-7-6-18(38-19)23-21-22(28-29-23)16-4-3-5-17(20(16)24(21)34)33(26(27)36)32-10-12-37-13-11-32/h3-7,15H,8-14H2,1-2H3,(H2,27,36)(H,28,29). The molecule has 3 amide bonds. The smallest absolute Gasteiger partial charge is 0.334 e. The number of carbonyl (C=O) groups excluding carboxylic acids is 3. The van der Waals surface area contributed by atoms with E-state index >= 15 is 0 Å². The number of hydrazine groups is 1. The number of aromatic amines is 1. The number of benzene rings is 1. The molecule has 1 unspecified atom stereocenters. The number of hydrogen-bond donors (Lipinski definition) is 2. The summed E-state index contributed by atoms with van der Waals surface area (Å²) in [4.78, 5) is 45.0. The van der Waals surface area contributed by atoms with E-state index in [1.165, 1.54) is 16.3 Å². The number of hydrogen-bond acceptors (Lipinski definition) is 8. The van der Waals surface area contributed by atoms with Crippen LogP contribution in [0, 0.1) is 0 Å². The minimum atomic E-state index is -0.667. The monoisotopic (exact) mass is 535 g/mol. The maximum Gasteiger partial charge on any atom is 0.334 e. The molecular weight excluding hydrogens is 506 g/mol. The predicted molar refractivity (Wildman–Crippen MR) is 143 cm³/mol. The second kappa shape index (κ2) is 9.62. The molecule has 38 heavy (non-hydrogen) atoms. The number of nitrogens with two attached hydrogens (primary N) is 1.